The van der Waals surface area contributed by atoms with Crippen LogP contribution in [0.3, 0.4) is 0 Å². The van der Waals surface area contributed by atoms with E-state index < -0.39 is 0 Å². The highest BCUT2D eigenvalue weighted by Gasteiger charge is 2.18. The molecule has 0 radical (unpaired) electrons. The first-order valence-corrected chi connectivity index (χ1v) is 5.51. The van der Waals surface area contributed by atoms with Crippen LogP contribution in [0.25, 0.3) is 0 Å². The third-order valence-electron chi connectivity index (χ3n) is 2.67. The number of hydrogen-bond acceptors (Lipinski definition) is 1. The van der Waals surface area contributed by atoms with Gasteiger partial charge >= 0.3 is 0 Å². The van der Waals surface area contributed by atoms with E-state index in [2.05, 4.69) is 19.1 Å². The fourth-order valence-electron chi connectivity index (χ4n) is 1.81. The summed E-state index contributed by atoms with van der Waals surface area (Å²) in [6.07, 6.45) is 12.3. The van der Waals surface area contributed by atoms with Gasteiger partial charge in [-0.25, -0.2) is 0 Å². The minimum absolute atomic E-state index is 0.447. The Morgan fingerprint density at radius 3 is 2.92 bits per heavy atom. The Balaban J connectivity index is 2.06. The van der Waals surface area contributed by atoms with E-state index in [1.165, 1.54) is 25.7 Å². The number of carbonyl (C=O) groups excluding carboxylic acids is 1. The summed E-state index contributed by atoms with van der Waals surface area (Å²) in [5, 5.41) is 0. The van der Waals surface area contributed by atoms with Gasteiger partial charge < -0.3 is 0 Å². The van der Waals surface area contributed by atoms with E-state index in [4.69, 9.17) is 0 Å². The maximum absolute atomic E-state index is 11.0. The van der Waals surface area contributed by atoms with E-state index in [1.54, 1.807) is 0 Å². The molecule has 1 aliphatic carbocycles. The Morgan fingerprint density at radius 1 is 1.46 bits per heavy atom. The predicted molar refractivity (Wildman–Crippen MR) is 55.6 cm³/mol. The third kappa shape index (κ3) is 4.25. The summed E-state index contributed by atoms with van der Waals surface area (Å²) < 4.78 is 0. The summed E-state index contributed by atoms with van der Waals surface area (Å²) in [7, 11) is 0. The molecule has 0 spiro atoms. The molecule has 1 fully saturated rings. The highest BCUT2D eigenvalue weighted by atomic mass is 16.1. The highest BCUT2D eigenvalue weighted by molar-refractivity contribution is 5.80. The van der Waals surface area contributed by atoms with Gasteiger partial charge in [0.1, 0.15) is 5.78 Å². The van der Waals surface area contributed by atoms with E-state index >= 15 is 0 Å². The van der Waals surface area contributed by atoms with Crippen molar-refractivity contribution in [3.05, 3.63) is 12.2 Å². The number of rotatable bonds is 5. The Labute approximate surface area is 81.2 Å². The van der Waals surface area contributed by atoms with Crippen molar-refractivity contribution in [1.29, 1.82) is 0 Å². The SMILES string of the molecule is CCCCC/C=C/[C@H]1CCC(=O)C1. The molecule has 0 heterocycles. The van der Waals surface area contributed by atoms with Crippen LogP contribution in [0.2, 0.25) is 0 Å². The molecule has 0 saturated heterocycles. The lowest BCUT2D eigenvalue weighted by atomic mass is 10.1. The fraction of sp³-hybridized carbons (Fsp3) is 0.750. The van der Waals surface area contributed by atoms with E-state index in [9.17, 15) is 4.79 Å². The lowest BCUT2D eigenvalue weighted by molar-refractivity contribution is -0.117. The first kappa shape index (κ1) is 10.5. The van der Waals surface area contributed by atoms with Gasteiger partial charge in [0, 0.05) is 12.8 Å². The second-order valence-corrected chi connectivity index (χ2v) is 3.97. The second-order valence-electron chi connectivity index (χ2n) is 3.97. The lowest BCUT2D eigenvalue weighted by Crippen LogP contribution is -1.89. The van der Waals surface area contributed by atoms with Gasteiger partial charge in [-0.3, -0.25) is 4.79 Å². The van der Waals surface area contributed by atoms with Crippen LogP contribution in [-0.4, -0.2) is 5.78 Å². The Bertz CT molecular complexity index is 182. The molecule has 0 bridgehead atoms. The number of ketones is 1. The molecule has 1 saturated carbocycles. The lowest BCUT2D eigenvalue weighted by Gasteiger charge is -1.98. The molecule has 13 heavy (non-hydrogen) atoms. The molecule has 0 aromatic carbocycles. The van der Waals surface area contributed by atoms with Crippen LogP contribution in [0.1, 0.15) is 51.9 Å². The van der Waals surface area contributed by atoms with Gasteiger partial charge in [0.15, 0.2) is 0 Å². The van der Waals surface area contributed by atoms with Crippen LogP contribution in [-0.2, 0) is 4.79 Å². The van der Waals surface area contributed by atoms with Crippen molar-refractivity contribution in [2.75, 3.05) is 0 Å². The minimum atomic E-state index is 0.447. The zero-order valence-corrected chi connectivity index (χ0v) is 8.59. The molecule has 0 aromatic rings. The number of unbranched alkanes of at least 4 members (excludes halogenated alkanes) is 3. The molecule has 0 aliphatic heterocycles. The first-order valence-electron chi connectivity index (χ1n) is 5.51. The van der Waals surface area contributed by atoms with Gasteiger partial charge in [0.2, 0.25) is 0 Å². The third-order valence-corrected chi connectivity index (χ3v) is 2.67. The van der Waals surface area contributed by atoms with Crippen LogP contribution in [0.5, 0.6) is 0 Å². The summed E-state index contributed by atoms with van der Waals surface area (Å²) in [5.41, 5.74) is 0. The van der Waals surface area contributed by atoms with Crippen molar-refractivity contribution in [2.24, 2.45) is 5.92 Å². The minimum Gasteiger partial charge on any atom is -0.300 e. The number of allylic oxidation sites excluding steroid dienone is 2. The summed E-state index contributed by atoms with van der Waals surface area (Å²) in [6, 6.07) is 0. The van der Waals surface area contributed by atoms with Crippen LogP contribution >= 0.6 is 0 Å². The molecule has 0 aromatic heterocycles. The van der Waals surface area contributed by atoms with Gasteiger partial charge in [-0.1, -0.05) is 31.9 Å². The Kier molecular flexibility index (Phi) is 4.81. The maximum Gasteiger partial charge on any atom is 0.133 e. The smallest absolute Gasteiger partial charge is 0.133 e. The first-order chi connectivity index (χ1) is 6.33. The van der Waals surface area contributed by atoms with E-state index in [0.29, 0.717) is 11.7 Å². The van der Waals surface area contributed by atoms with Gasteiger partial charge in [-0.2, -0.15) is 0 Å². The second kappa shape index (κ2) is 5.95. The van der Waals surface area contributed by atoms with Crippen molar-refractivity contribution in [3.8, 4) is 0 Å². The van der Waals surface area contributed by atoms with Crippen molar-refractivity contribution < 1.29 is 4.79 Å². The van der Waals surface area contributed by atoms with Gasteiger partial charge in [0.05, 0.1) is 0 Å². The van der Waals surface area contributed by atoms with E-state index in [0.717, 1.165) is 19.3 Å². The van der Waals surface area contributed by atoms with E-state index in [1.807, 2.05) is 0 Å². The predicted octanol–water partition coefficient (Wildman–Crippen LogP) is 3.49. The zero-order chi connectivity index (χ0) is 9.52. The van der Waals surface area contributed by atoms with Gasteiger partial charge in [-0.15, -0.1) is 0 Å². The molecule has 0 N–H and O–H groups in total. The van der Waals surface area contributed by atoms with Crippen LogP contribution in [0.4, 0.5) is 0 Å². The standard InChI is InChI=1S/C12H20O/c1-2-3-4-5-6-7-11-8-9-12(13)10-11/h6-7,11H,2-5,8-10H2,1H3/b7-6+/t11-/m0/s1. The molecular formula is C12H20O. The van der Waals surface area contributed by atoms with Crippen molar-refractivity contribution in [2.45, 2.75) is 51.9 Å². The van der Waals surface area contributed by atoms with Crippen molar-refractivity contribution in [1.82, 2.24) is 0 Å². The Morgan fingerprint density at radius 2 is 2.31 bits per heavy atom. The average Bonchev–Trinajstić information content (AvgIpc) is 2.51. The monoisotopic (exact) mass is 180 g/mol. The van der Waals surface area contributed by atoms with Crippen LogP contribution in [0.15, 0.2) is 12.2 Å². The summed E-state index contributed by atoms with van der Waals surface area (Å²) in [4.78, 5) is 11.0. The maximum atomic E-state index is 11.0. The number of Topliss-reactive ketones (excluding diaryl/α,β-unsaturated/α-hetero) is 1. The summed E-state index contributed by atoms with van der Waals surface area (Å²) in [5.74, 6) is 1.01. The summed E-state index contributed by atoms with van der Waals surface area (Å²) in [6.45, 7) is 2.22. The van der Waals surface area contributed by atoms with E-state index in [-0.39, 0.29) is 0 Å². The Hall–Kier alpha value is -0.590. The average molecular weight is 180 g/mol. The molecule has 1 aliphatic rings. The molecule has 1 heteroatoms. The molecule has 1 rings (SSSR count). The van der Waals surface area contributed by atoms with Crippen LogP contribution < -0.4 is 0 Å². The quantitative estimate of drug-likeness (QED) is 0.467. The highest BCUT2D eigenvalue weighted by Crippen LogP contribution is 2.23. The molecule has 1 nitrogen and oxygen atoms in total. The normalized spacial score (nSPS) is 23.2. The largest absolute Gasteiger partial charge is 0.300 e. The number of hydrogen-bond donors (Lipinski definition) is 0. The van der Waals surface area contributed by atoms with Gasteiger partial charge in [0.25, 0.3) is 0 Å². The molecule has 0 amide bonds. The zero-order valence-electron chi connectivity index (χ0n) is 8.59. The molecule has 74 valence electrons. The number of carbonyl (C=O) groups is 1. The fourth-order valence-corrected chi connectivity index (χ4v) is 1.81. The molecule has 1 atom stereocenters. The topological polar surface area (TPSA) is 17.1 Å². The van der Waals surface area contributed by atoms with Gasteiger partial charge in [-0.05, 0) is 25.2 Å². The van der Waals surface area contributed by atoms with Crippen molar-refractivity contribution >= 4 is 5.78 Å². The summed E-state index contributed by atoms with van der Waals surface area (Å²) >= 11 is 0. The van der Waals surface area contributed by atoms with Crippen molar-refractivity contribution in [3.63, 3.8) is 0 Å². The molecular weight excluding hydrogens is 160 g/mol. The molecule has 0 unspecified atom stereocenters. The van der Waals surface area contributed by atoms with Crippen LogP contribution in [0, 0.1) is 5.92 Å².